The van der Waals surface area contributed by atoms with Crippen LogP contribution in [0.15, 0.2) is 59.8 Å². The third kappa shape index (κ3) is 6.16. The molecule has 0 fully saturated rings. The summed E-state index contributed by atoms with van der Waals surface area (Å²) in [5, 5.41) is 4.11. The van der Waals surface area contributed by atoms with Gasteiger partial charge in [-0.05, 0) is 49.3 Å². The fourth-order valence-electron chi connectivity index (χ4n) is 2.62. The molecule has 0 radical (unpaired) electrons. The number of methoxy groups -OCH3 is 3. The molecule has 0 bridgehead atoms. The molecule has 0 aliphatic carbocycles. The lowest BCUT2D eigenvalue weighted by atomic mass is 10.1. The average Bonchev–Trinajstić information content (AvgIpc) is 3.27. The van der Waals surface area contributed by atoms with Gasteiger partial charge in [-0.15, -0.1) is 0 Å². The monoisotopic (exact) mass is 430 g/mol. The molecule has 0 saturated heterocycles. The van der Waals surface area contributed by atoms with Gasteiger partial charge < -0.3 is 19.9 Å². The Hall–Kier alpha value is -3.17. The van der Waals surface area contributed by atoms with Crippen molar-refractivity contribution in [3.63, 3.8) is 0 Å². The van der Waals surface area contributed by atoms with Crippen LogP contribution < -0.4 is 24.7 Å². The number of rotatable bonds is 8. The summed E-state index contributed by atoms with van der Waals surface area (Å²) in [5.74, 6) is 1.81. The second kappa shape index (κ2) is 11.7. The first-order valence-corrected chi connectivity index (χ1v) is 9.84. The van der Waals surface area contributed by atoms with Gasteiger partial charge in [0.2, 0.25) is 5.91 Å². The molecule has 0 atom stereocenters. The topological polar surface area (TPSA) is 101 Å². The predicted octanol–water partition coefficient (Wildman–Crippen LogP) is 2.97. The number of benzene rings is 2. The van der Waals surface area contributed by atoms with E-state index >= 15 is 0 Å². The number of nitrogens with one attached hydrogen (secondary N) is 1. The van der Waals surface area contributed by atoms with E-state index in [0.717, 1.165) is 22.0 Å². The molecule has 0 aliphatic rings. The molecular formula is C21H26N4O4S. The summed E-state index contributed by atoms with van der Waals surface area (Å²) in [6, 6.07) is 12.7. The number of nitrogens with two attached hydrogens (primary N) is 1. The van der Waals surface area contributed by atoms with Crippen molar-refractivity contribution in [3.8, 4) is 17.2 Å². The summed E-state index contributed by atoms with van der Waals surface area (Å²) in [6.45, 7) is 0.592. The van der Waals surface area contributed by atoms with Crippen LogP contribution in [0.1, 0.15) is 15.9 Å². The Labute approximate surface area is 180 Å². The number of primary amides is 1. The number of hydrogen-bond donors (Lipinski definition) is 2. The van der Waals surface area contributed by atoms with Gasteiger partial charge in [-0.2, -0.15) is 5.10 Å². The maximum atomic E-state index is 11.0. The van der Waals surface area contributed by atoms with Crippen molar-refractivity contribution in [3.05, 3.63) is 66.0 Å². The maximum Gasteiger partial charge on any atom is 0.248 e. The quantitative estimate of drug-likeness (QED) is 0.530. The Balaban J connectivity index is 0.000000222. The number of aromatic nitrogens is 2. The molecule has 0 saturated carbocycles. The highest BCUT2D eigenvalue weighted by Crippen LogP contribution is 2.35. The molecular weight excluding hydrogens is 404 g/mol. The van der Waals surface area contributed by atoms with Gasteiger partial charge in [0.15, 0.2) is 0 Å². The molecule has 1 heterocycles. The van der Waals surface area contributed by atoms with Crippen molar-refractivity contribution in [2.24, 2.45) is 5.73 Å². The molecule has 0 aliphatic heterocycles. The molecule has 3 N–H and O–H groups in total. The van der Waals surface area contributed by atoms with E-state index in [2.05, 4.69) is 9.82 Å². The highest BCUT2D eigenvalue weighted by Gasteiger charge is 2.09. The van der Waals surface area contributed by atoms with Gasteiger partial charge >= 0.3 is 0 Å². The first-order chi connectivity index (χ1) is 14.5. The number of hydrogen-bond acceptors (Lipinski definition) is 7. The van der Waals surface area contributed by atoms with E-state index in [1.807, 2.05) is 43.6 Å². The second-order valence-electron chi connectivity index (χ2n) is 5.89. The summed E-state index contributed by atoms with van der Waals surface area (Å²) in [5.41, 5.74) is 6.59. The summed E-state index contributed by atoms with van der Waals surface area (Å²) in [4.78, 5) is 12.0. The van der Waals surface area contributed by atoms with Gasteiger partial charge in [0, 0.05) is 23.5 Å². The molecule has 3 aromatic rings. The van der Waals surface area contributed by atoms with Crippen LogP contribution in [0.3, 0.4) is 0 Å². The second-order valence-corrected chi connectivity index (χ2v) is 6.91. The van der Waals surface area contributed by atoms with Crippen LogP contribution in [-0.4, -0.2) is 44.1 Å². The number of ether oxygens (including phenoxy) is 3. The summed E-state index contributed by atoms with van der Waals surface area (Å²) < 4.78 is 20.4. The minimum atomic E-state index is -0.464. The van der Waals surface area contributed by atoms with Gasteiger partial charge in [-0.1, -0.05) is 12.1 Å². The van der Waals surface area contributed by atoms with E-state index in [9.17, 15) is 4.79 Å². The molecule has 1 aromatic heterocycles. The normalized spacial score (nSPS) is 10.0. The molecule has 9 heteroatoms. The predicted molar refractivity (Wildman–Crippen MR) is 117 cm³/mol. The van der Waals surface area contributed by atoms with Crippen LogP contribution in [0.5, 0.6) is 17.2 Å². The van der Waals surface area contributed by atoms with Crippen LogP contribution in [0.2, 0.25) is 0 Å². The van der Waals surface area contributed by atoms with Crippen LogP contribution in [0.4, 0.5) is 0 Å². The zero-order valence-corrected chi connectivity index (χ0v) is 18.2. The molecule has 30 heavy (non-hydrogen) atoms. The molecule has 160 valence electrons. The van der Waals surface area contributed by atoms with Crippen LogP contribution in [-0.2, 0) is 6.54 Å². The van der Waals surface area contributed by atoms with Gasteiger partial charge in [0.1, 0.15) is 22.1 Å². The lowest BCUT2D eigenvalue weighted by Gasteiger charge is -2.10. The number of carbonyl (C=O) groups excluding carboxylic acids is 1. The maximum absolute atomic E-state index is 11.0. The fraction of sp³-hybridized carbons (Fsp3) is 0.238. The minimum absolute atomic E-state index is 0.436. The number of nitrogens with zero attached hydrogens (tertiary/aromatic N) is 2. The van der Waals surface area contributed by atoms with Gasteiger partial charge in [-0.25, -0.2) is 0 Å². The Kier molecular flexibility index (Phi) is 9.04. The fourth-order valence-corrected chi connectivity index (χ4v) is 3.32. The largest absolute Gasteiger partial charge is 0.496 e. The molecule has 2 aromatic carbocycles. The van der Waals surface area contributed by atoms with Crippen molar-refractivity contribution >= 4 is 17.9 Å². The van der Waals surface area contributed by atoms with Crippen molar-refractivity contribution in [2.45, 2.75) is 11.4 Å². The van der Waals surface area contributed by atoms with Crippen LogP contribution in [0, 0.1) is 0 Å². The Morgan fingerprint density at radius 2 is 1.73 bits per heavy atom. The smallest absolute Gasteiger partial charge is 0.248 e. The van der Waals surface area contributed by atoms with Crippen molar-refractivity contribution in [2.75, 3.05) is 28.4 Å². The first kappa shape index (κ1) is 23.1. The molecule has 3 rings (SSSR count). The molecule has 0 spiro atoms. The van der Waals surface area contributed by atoms with Gasteiger partial charge in [-0.3, -0.25) is 14.2 Å². The van der Waals surface area contributed by atoms with E-state index in [0.29, 0.717) is 17.9 Å². The Bertz CT molecular complexity index is 926. The van der Waals surface area contributed by atoms with Gasteiger partial charge in [0.25, 0.3) is 0 Å². The summed E-state index contributed by atoms with van der Waals surface area (Å²) >= 11 is 1.48. The van der Waals surface area contributed by atoms with Crippen LogP contribution in [0.25, 0.3) is 0 Å². The third-order valence-corrected chi connectivity index (χ3v) is 4.86. The summed E-state index contributed by atoms with van der Waals surface area (Å²) in [7, 11) is 6.71. The van der Waals surface area contributed by atoms with E-state index in [4.69, 9.17) is 19.9 Å². The lowest BCUT2D eigenvalue weighted by molar-refractivity contribution is 0.1000. The summed E-state index contributed by atoms with van der Waals surface area (Å²) in [6.07, 6.45) is 3.58. The van der Waals surface area contributed by atoms with E-state index in [-0.39, 0.29) is 0 Å². The minimum Gasteiger partial charge on any atom is -0.496 e. The Morgan fingerprint density at radius 1 is 1.07 bits per heavy atom. The zero-order chi connectivity index (χ0) is 21.9. The van der Waals surface area contributed by atoms with Crippen molar-refractivity contribution in [1.82, 2.24) is 14.5 Å². The lowest BCUT2D eigenvalue weighted by Crippen LogP contribution is -2.11. The number of amides is 1. The average molecular weight is 431 g/mol. The molecule has 8 nitrogen and oxygen atoms in total. The highest BCUT2D eigenvalue weighted by atomic mass is 32.2. The van der Waals surface area contributed by atoms with Crippen LogP contribution >= 0.6 is 11.9 Å². The third-order valence-electron chi connectivity index (χ3n) is 4.05. The highest BCUT2D eigenvalue weighted by molar-refractivity contribution is 7.97. The van der Waals surface area contributed by atoms with E-state index in [1.165, 1.54) is 11.9 Å². The standard InChI is InChI=1S/C12H13N3O2.C9H13NO2S/c1-17-11-7-9(12(13)16)3-4-10(11)8-15-6-2-5-14-15;1-10-13-9-7(11-2)5-4-6-8(9)12-3/h2-7H,8H2,1H3,(H2,13,16);4-6,10H,1-3H3. The first-order valence-electron chi connectivity index (χ1n) is 9.02. The SMILES string of the molecule is CNSc1c(OC)cccc1OC.COc1cc(C(N)=O)ccc1Cn1cccn1. The molecule has 0 unspecified atom stereocenters. The zero-order valence-electron chi connectivity index (χ0n) is 17.4. The Morgan fingerprint density at radius 3 is 2.23 bits per heavy atom. The number of carbonyl (C=O) groups is 1. The molecule has 1 amide bonds. The van der Waals surface area contributed by atoms with E-state index in [1.54, 1.807) is 44.3 Å². The van der Waals surface area contributed by atoms with E-state index < -0.39 is 5.91 Å². The van der Waals surface area contributed by atoms with Crippen molar-refractivity contribution in [1.29, 1.82) is 0 Å². The van der Waals surface area contributed by atoms with Crippen molar-refractivity contribution < 1.29 is 19.0 Å². The van der Waals surface area contributed by atoms with Gasteiger partial charge in [0.05, 0.1) is 27.9 Å².